The van der Waals surface area contributed by atoms with Gasteiger partial charge in [-0.3, -0.25) is 10.6 Å². The molecule has 0 saturated heterocycles. The minimum atomic E-state index is -4.62. The lowest BCUT2D eigenvalue weighted by atomic mass is 10.00. The van der Waals surface area contributed by atoms with Crippen LogP contribution in [0.5, 0.6) is 0 Å². The molecule has 1 aromatic carbocycles. The molecule has 0 spiro atoms. The topological polar surface area (TPSA) is 80.0 Å². The number of Topliss-reactive ketones (excluding diaryl/α,β-unsaturated/α-hetero) is 1. The average molecular weight is 394 g/mol. The van der Waals surface area contributed by atoms with Crippen LogP contribution in [0, 0.1) is 5.82 Å². The van der Waals surface area contributed by atoms with E-state index < -0.39 is 17.6 Å². The zero-order valence-corrected chi connectivity index (χ0v) is 14.7. The number of alkyl halides is 3. The van der Waals surface area contributed by atoms with E-state index in [4.69, 9.17) is 5.84 Å². The smallest absolute Gasteiger partial charge is 0.342 e. The molecule has 0 atom stereocenters. The van der Waals surface area contributed by atoms with Gasteiger partial charge >= 0.3 is 6.18 Å². The normalized spacial score (nSPS) is 15.0. The van der Waals surface area contributed by atoms with Crippen molar-refractivity contribution in [1.29, 1.82) is 0 Å². The molecule has 0 radical (unpaired) electrons. The molecule has 0 fully saturated rings. The number of hydrogen-bond acceptors (Lipinski definition) is 5. The second-order valence-corrected chi connectivity index (χ2v) is 6.47. The number of hydrogen-bond donors (Lipinski definition) is 3. The van der Waals surface area contributed by atoms with Gasteiger partial charge in [0.05, 0.1) is 5.56 Å². The summed E-state index contributed by atoms with van der Waals surface area (Å²) in [6, 6.07) is 5.73. The highest BCUT2D eigenvalue weighted by molar-refractivity contribution is 5.96. The molecule has 0 unspecified atom stereocenters. The van der Waals surface area contributed by atoms with E-state index >= 15 is 0 Å². The summed E-state index contributed by atoms with van der Waals surface area (Å²) in [7, 11) is 0. The lowest BCUT2D eigenvalue weighted by Crippen LogP contribution is -2.32. The Kier molecular flexibility index (Phi) is 5.64. The second-order valence-electron chi connectivity index (χ2n) is 6.47. The molecule has 4 N–H and O–H groups in total. The van der Waals surface area contributed by atoms with E-state index in [1.165, 1.54) is 6.20 Å². The van der Waals surface area contributed by atoms with Crippen molar-refractivity contribution in [3.05, 3.63) is 70.4 Å². The van der Waals surface area contributed by atoms with Gasteiger partial charge in [-0.25, -0.2) is 9.37 Å². The summed E-state index contributed by atoms with van der Waals surface area (Å²) in [5.74, 6) is 4.79. The fourth-order valence-corrected chi connectivity index (χ4v) is 3.10. The van der Waals surface area contributed by atoms with Gasteiger partial charge in [-0.15, -0.1) is 0 Å². The molecule has 148 valence electrons. The van der Waals surface area contributed by atoms with E-state index in [1.807, 2.05) is 0 Å². The van der Waals surface area contributed by atoms with Gasteiger partial charge < -0.3 is 10.7 Å². The minimum Gasteiger partial charge on any atom is -0.342 e. The number of ketones is 1. The van der Waals surface area contributed by atoms with Crippen LogP contribution >= 0.6 is 0 Å². The van der Waals surface area contributed by atoms with Gasteiger partial charge in [0.15, 0.2) is 5.78 Å². The van der Waals surface area contributed by atoms with Crippen LogP contribution in [0.25, 0.3) is 0 Å². The number of anilines is 1. The second kappa shape index (κ2) is 7.97. The molecule has 9 heteroatoms. The largest absolute Gasteiger partial charge is 0.416 e. The number of carbonyl (C=O) groups is 1. The lowest BCUT2D eigenvalue weighted by Gasteiger charge is -2.20. The van der Waals surface area contributed by atoms with Crippen LogP contribution in [0.1, 0.15) is 36.0 Å². The summed E-state index contributed by atoms with van der Waals surface area (Å²) in [5, 5.41) is 3.04. The Labute approximate surface area is 158 Å². The van der Waals surface area contributed by atoms with E-state index in [9.17, 15) is 22.4 Å². The summed E-state index contributed by atoms with van der Waals surface area (Å²) in [6.07, 6.45) is -1.35. The van der Waals surface area contributed by atoms with Gasteiger partial charge in [0.2, 0.25) is 0 Å². The molecule has 0 amide bonds. The Bertz CT molecular complexity index is 924. The van der Waals surface area contributed by atoms with E-state index in [0.717, 1.165) is 12.1 Å². The van der Waals surface area contributed by atoms with Crippen molar-refractivity contribution in [3.63, 3.8) is 0 Å². The highest BCUT2D eigenvalue weighted by Gasteiger charge is 2.31. The molecule has 1 aliphatic carbocycles. The molecular weight excluding hydrogens is 376 g/mol. The summed E-state index contributed by atoms with van der Waals surface area (Å²) < 4.78 is 52.2. The van der Waals surface area contributed by atoms with Crippen LogP contribution in [-0.4, -0.2) is 10.8 Å². The molecule has 0 saturated carbocycles. The SMILES string of the molecule is NNC1=C(Nc2cc(Cc3cc(F)cc(C(F)(F)F)c3)ccn2)CCCC1=O. The van der Waals surface area contributed by atoms with Crippen LogP contribution < -0.4 is 16.6 Å². The van der Waals surface area contributed by atoms with Crippen LogP contribution in [0.15, 0.2) is 47.9 Å². The van der Waals surface area contributed by atoms with Gasteiger partial charge in [-0.1, -0.05) is 0 Å². The van der Waals surface area contributed by atoms with E-state index in [2.05, 4.69) is 15.7 Å². The fraction of sp³-hybridized carbons (Fsp3) is 0.263. The van der Waals surface area contributed by atoms with Crippen LogP contribution in [0.4, 0.5) is 23.4 Å². The van der Waals surface area contributed by atoms with Crippen molar-refractivity contribution >= 4 is 11.6 Å². The van der Waals surface area contributed by atoms with Crippen molar-refractivity contribution in [3.8, 4) is 0 Å². The molecule has 1 heterocycles. The molecule has 3 rings (SSSR count). The van der Waals surface area contributed by atoms with Crippen molar-refractivity contribution in [1.82, 2.24) is 10.4 Å². The molecule has 28 heavy (non-hydrogen) atoms. The van der Waals surface area contributed by atoms with Crippen LogP contribution in [0.3, 0.4) is 0 Å². The Hall–Kier alpha value is -2.94. The van der Waals surface area contributed by atoms with E-state index in [1.54, 1.807) is 12.1 Å². The van der Waals surface area contributed by atoms with Gasteiger partial charge in [-0.05, 0) is 60.7 Å². The van der Waals surface area contributed by atoms with Crippen LogP contribution in [0.2, 0.25) is 0 Å². The predicted molar refractivity (Wildman–Crippen MR) is 95.3 cm³/mol. The number of carbonyl (C=O) groups excluding carboxylic acids is 1. The Morgan fingerprint density at radius 2 is 1.89 bits per heavy atom. The fourth-order valence-electron chi connectivity index (χ4n) is 3.10. The highest BCUT2D eigenvalue weighted by Crippen LogP contribution is 2.31. The maximum absolute atomic E-state index is 13.6. The van der Waals surface area contributed by atoms with E-state index in [0.29, 0.717) is 48.1 Å². The van der Waals surface area contributed by atoms with E-state index in [-0.39, 0.29) is 17.8 Å². The maximum Gasteiger partial charge on any atom is 0.416 e. The number of nitrogens with two attached hydrogens (primary N) is 1. The average Bonchev–Trinajstić information content (AvgIpc) is 2.61. The van der Waals surface area contributed by atoms with Gasteiger partial charge in [-0.2, -0.15) is 13.2 Å². The zero-order valence-electron chi connectivity index (χ0n) is 14.7. The number of nitrogens with zero attached hydrogens (tertiary/aromatic N) is 1. The third-order valence-corrected chi connectivity index (χ3v) is 4.35. The molecule has 0 bridgehead atoms. The highest BCUT2D eigenvalue weighted by atomic mass is 19.4. The van der Waals surface area contributed by atoms with Crippen molar-refractivity contribution in [2.24, 2.45) is 5.84 Å². The van der Waals surface area contributed by atoms with Crippen molar-refractivity contribution in [2.45, 2.75) is 31.9 Å². The third-order valence-electron chi connectivity index (χ3n) is 4.35. The Balaban J connectivity index is 1.83. The number of hydrazine groups is 1. The number of benzene rings is 1. The van der Waals surface area contributed by atoms with Gasteiger partial charge in [0.1, 0.15) is 17.3 Å². The number of halogens is 4. The summed E-state index contributed by atoms with van der Waals surface area (Å²) in [5.41, 5.74) is 3.10. The monoisotopic (exact) mass is 394 g/mol. The molecule has 1 aromatic heterocycles. The summed E-state index contributed by atoms with van der Waals surface area (Å²) in [4.78, 5) is 16.1. The number of aromatic nitrogens is 1. The number of nitrogens with one attached hydrogen (secondary N) is 2. The molecule has 0 aliphatic heterocycles. The Morgan fingerprint density at radius 3 is 2.61 bits per heavy atom. The zero-order chi connectivity index (χ0) is 20.3. The minimum absolute atomic E-state index is 0.0953. The number of allylic oxidation sites excluding steroid dienone is 2. The standard InChI is InChI=1S/C19H18F4N4O/c20-14-8-12(7-13(10-14)19(21,22)23)6-11-4-5-25-17(9-11)26-15-2-1-3-16(28)18(15)27-24/h4-5,7-10,27H,1-3,6,24H2,(H,25,26). The van der Waals surface area contributed by atoms with Crippen molar-refractivity contribution < 1.29 is 22.4 Å². The first-order valence-corrected chi connectivity index (χ1v) is 8.58. The van der Waals surface area contributed by atoms with Gasteiger partial charge in [0, 0.05) is 18.3 Å². The third kappa shape index (κ3) is 4.66. The number of pyridine rings is 1. The summed E-state index contributed by atoms with van der Waals surface area (Å²) in [6.45, 7) is 0. The number of rotatable bonds is 5. The maximum atomic E-state index is 13.6. The summed E-state index contributed by atoms with van der Waals surface area (Å²) >= 11 is 0. The molecule has 2 aromatic rings. The molecule has 1 aliphatic rings. The van der Waals surface area contributed by atoms with Gasteiger partial charge in [0.25, 0.3) is 0 Å². The van der Waals surface area contributed by atoms with Crippen LogP contribution in [-0.2, 0) is 17.4 Å². The first-order valence-electron chi connectivity index (χ1n) is 8.58. The first-order chi connectivity index (χ1) is 13.3. The molecule has 5 nitrogen and oxygen atoms in total. The quantitative estimate of drug-likeness (QED) is 0.410. The predicted octanol–water partition coefficient (Wildman–Crippen LogP) is 3.67. The van der Waals surface area contributed by atoms with Crippen molar-refractivity contribution in [2.75, 3.05) is 5.32 Å². The first kappa shape index (κ1) is 19.8. The molecular formula is C19H18F4N4O. The Morgan fingerprint density at radius 1 is 1.11 bits per heavy atom. The lowest BCUT2D eigenvalue weighted by molar-refractivity contribution is -0.137.